The SMILES string of the molecule is O=C(c1cc(Cl)ccc1[N+](=O)[O-])N1CCC(Oc2ncccc2Br)C1. The first-order valence-corrected chi connectivity index (χ1v) is 8.63. The van der Waals surface area contributed by atoms with Gasteiger partial charge in [-0.25, -0.2) is 4.98 Å². The molecule has 1 fully saturated rings. The summed E-state index contributed by atoms with van der Waals surface area (Å²) in [5, 5.41) is 11.4. The maximum absolute atomic E-state index is 12.7. The maximum atomic E-state index is 12.7. The van der Waals surface area contributed by atoms with Crippen molar-refractivity contribution in [3.05, 3.63) is 61.7 Å². The molecule has 2 heterocycles. The quantitative estimate of drug-likeness (QED) is 0.550. The van der Waals surface area contributed by atoms with Crippen LogP contribution < -0.4 is 4.74 Å². The summed E-state index contributed by atoms with van der Waals surface area (Å²) in [5.74, 6) is 0.0240. The highest BCUT2D eigenvalue weighted by Crippen LogP contribution is 2.28. The van der Waals surface area contributed by atoms with Gasteiger partial charge in [-0.1, -0.05) is 11.6 Å². The zero-order valence-corrected chi connectivity index (χ0v) is 15.2. The molecule has 0 N–H and O–H groups in total. The van der Waals surface area contributed by atoms with Gasteiger partial charge < -0.3 is 9.64 Å². The second-order valence-electron chi connectivity index (χ2n) is 5.49. The highest BCUT2D eigenvalue weighted by atomic mass is 79.9. The molecule has 0 radical (unpaired) electrons. The minimum atomic E-state index is -0.585. The van der Waals surface area contributed by atoms with Crippen LogP contribution in [0.2, 0.25) is 5.02 Å². The monoisotopic (exact) mass is 425 g/mol. The molecule has 0 saturated carbocycles. The fourth-order valence-electron chi connectivity index (χ4n) is 2.63. The van der Waals surface area contributed by atoms with E-state index in [1.54, 1.807) is 12.3 Å². The molecule has 1 saturated heterocycles. The fourth-order valence-corrected chi connectivity index (χ4v) is 3.15. The van der Waals surface area contributed by atoms with Gasteiger partial charge in [0.25, 0.3) is 11.6 Å². The Morgan fingerprint density at radius 3 is 2.96 bits per heavy atom. The lowest BCUT2D eigenvalue weighted by Crippen LogP contribution is -2.31. The molecule has 1 aliphatic heterocycles. The molecule has 1 aromatic carbocycles. The molecule has 1 amide bonds. The number of rotatable bonds is 4. The summed E-state index contributed by atoms with van der Waals surface area (Å²) in [6, 6.07) is 7.55. The lowest BCUT2D eigenvalue weighted by atomic mass is 10.1. The predicted molar refractivity (Wildman–Crippen MR) is 95.0 cm³/mol. The molecule has 130 valence electrons. The highest BCUT2D eigenvalue weighted by molar-refractivity contribution is 9.10. The van der Waals surface area contributed by atoms with Gasteiger partial charge in [-0.15, -0.1) is 0 Å². The molecule has 1 aliphatic rings. The molecular weight excluding hydrogens is 414 g/mol. The third-order valence-corrected chi connectivity index (χ3v) is 4.66. The zero-order valence-electron chi connectivity index (χ0n) is 12.9. The Hall–Kier alpha value is -2.19. The number of carbonyl (C=O) groups excluding carboxylic acids is 1. The van der Waals surface area contributed by atoms with Crippen LogP contribution in [0.5, 0.6) is 5.88 Å². The van der Waals surface area contributed by atoms with Gasteiger partial charge in [0, 0.05) is 30.3 Å². The van der Waals surface area contributed by atoms with E-state index in [4.69, 9.17) is 16.3 Å². The summed E-state index contributed by atoms with van der Waals surface area (Å²) in [7, 11) is 0. The summed E-state index contributed by atoms with van der Waals surface area (Å²) in [6.45, 7) is 0.767. The van der Waals surface area contributed by atoms with Crippen molar-refractivity contribution in [3.8, 4) is 5.88 Å². The van der Waals surface area contributed by atoms with E-state index in [1.165, 1.54) is 23.1 Å². The van der Waals surface area contributed by atoms with Crippen molar-refractivity contribution in [1.29, 1.82) is 0 Å². The average molecular weight is 427 g/mol. The summed E-state index contributed by atoms with van der Waals surface area (Å²) in [4.78, 5) is 28.9. The van der Waals surface area contributed by atoms with E-state index in [2.05, 4.69) is 20.9 Å². The van der Waals surface area contributed by atoms with E-state index in [-0.39, 0.29) is 22.4 Å². The predicted octanol–water partition coefficient (Wildman–Crippen LogP) is 3.70. The number of benzene rings is 1. The summed E-state index contributed by atoms with van der Waals surface area (Å²) < 4.78 is 6.54. The first kappa shape index (κ1) is 17.6. The van der Waals surface area contributed by atoms with Crippen LogP contribution in [0.15, 0.2) is 41.0 Å². The van der Waals surface area contributed by atoms with Gasteiger partial charge >= 0.3 is 0 Å². The number of pyridine rings is 1. The minimum absolute atomic E-state index is 0.0165. The molecule has 3 rings (SSSR count). The van der Waals surface area contributed by atoms with Crippen LogP contribution in [0.3, 0.4) is 0 Å². The van der Waals surface area contributed by atoms with Crippen LogP contribution in [0.25, 0.3) is 0 Å². The van der Waals surface area contributed by atoms with Gasteiger partial charge in [0.05, 0.1) is 15.9 Å². The van der Waals surface area contributed by atoms with E-state index in [1.807, 2.05) is 6.07 Å². The lowest BCUT2D eigenvalue weighted by Gasteiger charge is -2.17. The van der Waals surface area contributed by atoms with Crippen molar-refractivity contribution in [3.63, 3.8) is 0 Å². The minimum Gasteiger partial charge on any atom is -0.472 e. The van der Waals surface area contributed by atoms with Crippen molar-refractivity contribution in [2.45, 2.75) is 12.5 Å². The Labute approximate surface area is 156 Å². The number of nitro benzene ring substituents is 1. The van der Waals surface area contributed by atoms with Gasteiger partial charge in [0.2, 0.25) is 5.88 Å². The Balaban J connectivity index is 1.74. The van der Waals surface area contributed by atoms with E-state index in [0.717, 1.165) is 4.47 Å². The Morgan fingerprint density at radius 2 is 2.24 bits per heavy atom. The first-order chi connectivity index (χ1) is 12.0. The number of nitro groups is 1. The number of amides is 1. The first-order valence-electron chi connectivity index (χ1n) is 7.46. The fraction of sp³-hybridized carbons (Fsp3) is 0.250. The zero-order chi connectivity index (χ0) is 18.0. The average Bonchev–Trinajstić information content (AvgIpc) is 3.04. The van der Waals surface area contributed by atoms with Crippen molar-refractivity contribution in [2.24, 2.45) is 0 Å². The Morgan fingerprint density at radius 1 is 1.44 bits per heavy atom. The van der Waals surface area contributed by atoms with Crippen LogP contribution in [0.4, 0.5) is 5.69 Å². The number of ether oxygens (including phenoxy) is 1. The molecule has 9 heteroatoms. The topological polar surface area (TPSA) is 85.6 Å². The van der Waals surface area contributed by atoms with Gasteiger partial charge in [0.15, 0.2) is 0 Å². The van der Waals surface area contributed by atoms with Crippen LogP contribution in [-0.2, 0) is 0 Å². The van der Waals surface area contributed by atoms with Crippen LogP contribution in [0.1, 0.15) is 16.8 Å². The van der Waals surface area contributed by atoms with Gasteiger partial charge in [0.1, 0.15) is 11.7 Å². The second-order valence-corrected chi connectivity index (χ2v) is 6.78. The Bertz CT molecular complexity index is 833. The number of halogens is 2. The smallest absolute Gasteiger partial charge is 0.282 e. The van der Waals surface area contributed by atoms with E-state index >= 15 is 0 Å². The molecule has 25 heavy (non-hydrogen) atoms. The van der Waals surface area contributed by atoms with Gasteiger partial charge in [-0.05, 0) is 40.2 Å². The summed E-state index contributed by atoms with van der Waals surface area (Å²) in [6.07, 6.45) is 2.00. The van der Waals surface area contributed by atoms with E-state index in [9.17, 15) is 14.9 Å². The highest BCUT2D eigenvalue weighted by Gasteiger charge is 2.32. The van der Waals surface area contributed by atoms with E-state index < -0.39 is 10.8 Å². The molecule has 0 spiro atoms. The molecule has 0 bridgehead atoms. The molecule has 1 aromatic heterocycles. The normalized spacial score (nSPS) is 16.7. The van der Waals surface area contributed by atoms with Crippen molar-refractivity contribution in [1.82, 2.24) is 9.88 Å². The molecule has 7 nitrogen and oxygen atoms in total. The van der Waals surface area contributed by atoms with Crippen molar-refractivity contribution in [2.75, 3.05) is 13.1 Å². The number of aromatic nitrogens is 1. The van der Waals surface area contributed by atoms with Gasteiger partial charge in [-0.3, -0.25) is 14.9 Å². The third kappa shape index (κ3) is 3.91. The summed E-state index contributed by atoms with van der Waals surface area (Å²) >= 11 is 9.25. The molecule has 1 atom stereocenters. The van der Waals surface area contributed by atoms with Crippen molar-refractivity contribution < 1.29 is 14.5 Å². The molecule has 1 unspecified atom stereocenters. The maximum Gasteiger partial charge on any atom is 0.282 e. The number of carbonyl (C=O) groups is 1. The molecule has 2 aromatic rings. The number of nitrogens with zero attached hydrogens (tertiary/aromatic N) is 3. The van der Waals surface area contributed by atoms with Gasteiger partial charge in [-0.2, -0.15) is 0 Å². The standard InChI is InChI=1S/C16H13BrClN3O4/c17-13-2-1-6-19-15(13)25-11-5-7-20(9-11)16(22)12-8-10(18)3-4-14(12)21(23)24/h1-4,6,8,11H,5,7,9H2. The lowest BCUT2D eigenvalue weighted by molar-refractivity contribution is -0.385. The summed E-state index contributed by atoms with van der Waals surface area (Å²) in [5.41, 5.74) is -0.275. The van der Waals surface area contributed by atoms with Crippen LogP contribution >= 0.6 is 27.5 Å². The van der Waals surface area contributed by atoms with Crippen LogP contribution in [0, 0.1) is 10.1 Å². The number of hydrogen-bond acceptors (Lipinski definition) is 5. The van der Waals surface area contributed by atoms with Crippen LogP contribution in [-0.4, -0.2) is 39.9 Å². The Kier molecular flexibility index (Phi) is 5.19. The second kappa shape index (κ2) is 7.37. The molecule has 0 aliphatic carbocycles. The van der Waals surface area contributed by atoms with E-state index in [0.29, 0.717) is 25.4 Å². The number of likely N-dealkylation sites (tertiary alicyclic amines) is 1. The third-order valence-electron chi connectivity index (χ3n) is 3.82. The largest absolute Gasteiger partial charge is 0.472 e. The number of hydrogen-bond donors (Lipinski definition) is 0. The molecular formula is C16H13BrClN3O4. The van der Waals surface area contributed by atoms with Crippen molar-refractivity contribution >= 4 is 39.1 Å².